The van der Waals surface area contributed by atoms with Crippen LogP contribution in [0.4, 0.5) is 5.82 Å². The first-order chi connectivity index (χ1) is 9.06. The van der Waals surface area contributed by atoms with E-state index in [1.54, 1.807) is 6.07 Å². The normalized spacial score (nSPS) is 9.95. The lowest BCUT2D eigenvalue weighted by atomic mass is 10.2. The molecule has 0 saturated heterocycles. The molecule has 0 fully saturated rings. The smallest absolute Gasteiger partial charge is 0.279 e. The van der Waals surface area contributed by atoms with E-state index in [2.05, 4.69) is 26.0 Å². The summed E-state index contributed by atoms with van der Waals surface area (Å²) in [6.45, 7) is 4.00. The Balaban J connectivity index is 0.000000861. The van der Waals surface area contributed by atoms with Crippen molar-refractivity contribution in [3.8, 4) is 0 Å². The number of carbonyl (C=O) groups excluding carboxylic acids is 1. The van der Waals surface area contributed by atoms with Crippen molar-refractivity contribution >= 4 is 33.2 Å². The molecule has 1 amide bonds. The fourth-order valence-electron chi connectivity index (χ4n) is 1.45. The van der Waals surface area contributed by atoms with Gasteiger partial charge in [-0.15, -0.1) is 0 Å². The van der Waals surface area contributed by atoms with Crippen LogP contribution < -0.4 is 5.73 Å². The summed E-state index contributed by atoms with van der Waals surface area (Å²) in [4.78, 5) is 20.7. The standard InChI is InChI=1S/C9H10BrN5O2.C2H6/c1-14(17-2)9(16)5-3-6(10)15-7(5)8(11)12-4-13-15;1-2/h3-4H,1-2H3,(H2,11,12,13);1-2H3. The second-order valence-corrected chi connectivity index (χ2v) is 4.08. The number of nitrogens with two attached hydrogens (primary N) is 1. The molecule has 7 nitrogen and oxygen atoms in total. The summed E-state index contributed by atoms with van der Waals surface area (Å²) < 4.78 is 2.12. The summed E-state index contributed by atoms with van der Waals surface area (Å²) in [6, 6.07) is 1.62. The summed E-state index contributed by atoms with van der Waals surface area (Å²) in [6.07, 6.45) is 1.32. The number of fused-ring (bicyclic) bond motifs is 1. The molecule has 0 atom stereocenters. The number of carbonyl (C=O) groups is 1. The molecule has 104 valence electrons. The largest absolute Gasteiger partial charge is 0.382 e. The second kappa shape index (κ2) is 6.48. The zero-order valence-corrected chi connectivity index (χ0v) is 12.8. The van der Waals surface area contributed by atoms with E-state index in [1.807, 2.05) is 13.8 Å². The molecule has 2 aromatic rings. The van der Waals surface area contributed by atoms with Gasteiger partial charge in [0.15, 0.2) is 5.82 Å². The molecule has 2 N–H and O–H groups in total. The van der Waals surface area contributed by atoms with E-state index in [-0.39, 0.29) is 11.7 Å². The van der Waals surface area contributed by atoms with Crippen LogP contribution in [0.25, 0.3) is 5.52 Å². The Hall–Kier alpha value is -1.67. The number of hydrogen-bond donors (Lipinski definition) is 1. The first-order valence-corrected chi connectivity index (χ1v) is 6.45. The minimum absolute atomic E-state index is 0.235. The Bertz CT molecular complexity index is 584. The minimum Gasteiger partial charge on any atom is -0.382 e. The highest BCUT2D eigenvalue weighted by Crippen LogP contribution is 2.24. The van der Waals surface area contributed by atoms with E-state index in [0.717, 1.165) is 5.06 Å². The molecule has 0 radical (unpaired) electrons. The number of hydroxylamine groups is 2. The highest BCUT2D eigenvalue weighted by Gasteiger charge is 2.20. The van der Waals surface area contributed by atoms with Gasteiger partial charge >= 0.3 is 0 Å². The third-order valence-corrected chi connectivity index (χ3v) is 2.89. The predicted molar refractivity (Wildman–Crippen MR) is 75.5 cm³/mol. The summed E-state index contributed by atoms with van der Waals surface area (Å²) in [5, 5.41) is 5.10. The first kappa shape index (κ1) is 15.4. The number of nitrogen functional groups attached to an aromatic ring is 1. The van der Waals surface area contributed by atoms with Crippen LogP contribution in [0.3, 0.4) is 0 Å². The maximum absolute atomic E-state index is 12.0. The summed E-state index contributed by atoms with van der Waals surface area (Å²) in [7, 11) is 2.92. The van der Waals surface area contributed by atoms with Crippen LogP contribution in [0.1, 0.15) is 24.2 Å². The number of amides is 1. The lowest BCUT2D eigenvalue weighted by molar-refractivity contribution is -0.0755. The Kier molecular flexibility index (Phi) is 5.25. The molecule has 0 saturated carbocycles. The van der Waals surface area contributed by atoms with Crippen LogP contribution >= 0.6 is 15.9 Å². The van der Waals surface area contributed by atoms with Crippen LogP contribution in [0.5, 0.6) is 0 Å². The zero-order valence-electron chi connectivity index (χ0n) is 11.2. The molecular weight excluding hydrogens is 314 g/mol. The Morgan fingerprint density at radius 1 is 1.53 bits per heavy atom. The number of nitrogens with zero attached hydrogens (tertiary/aromatic N) is 4. The van der Waals surface area contributed by atoms with Gasteiger partial charge < -0.3 is 5.73 Å². The molecule has 0 aliphatic carbocycles. The average molecular weight is 330 g/mol. The number of aromatic nitrogens is 3. The molecule has 0 aliphatic rings. The van der Waals surface area contributed by atoms with Gasteiger partial charge in [-0.2, -0.15) is 5.10 Å². The topological polar surface area (TPSA) is 85.8 Å². The molecular formula is C11H16BrN5O2. The Labute approximate surface area is 119 Å². The lowest BCUT2D eigenvalue weighted by Crippen LogP contribution is -2.25. The fourth-order valence-corrected chi connectivity index (χ4v) is 1.94. The monoisotopic (exact) mass is 329 g/mol. The predicted octanol–water partition coefficient (Wildman–Crippen LogP) is 1.73. The SMILES string of the molecule is CC.CON(C)C(=O)c1cc(Br)n2ncnc(N)c12. The summed E-state index contributed by atoms with van der Waals surface area (Å²) >= 11 is 3.30. The average Bonchev–Trinajstić information content (AvgIpc) is 2.78. The van der Waals surface area contributed by atoms with Crippen molar-refractivity contribution in [2.75, 3.05) is 19.9 Å². The van der Waals surface area contributed by atoms with E-state index in [1.165, 1.54) is 25.0 Å². The van der Waals surface area contributed by atoms with Crippen molar-refractivity contribution in [1.29, 1.82) is 0 Å². The highest BCUT2D eigenvalue weighted by molar-refractivity contribution is 9.10. The van der Waals surface area contributed by atoms with Gasteiger partial charge in [0.25, 0.3) is 5.91 Å². The lowest BCUT2D eigenvalue weighted by Gasteiger charge is -2.12. The molecule has 0 bridgehead atoms. The van der Waals surface area contributed by atoms with Gasteiger partial charge in [0.1, 0.15) is 16.4 Å². The molecule has 0 aliphatic heterocycles. The van der Waals surface area contributed by atoms with E-state index in [4.69, 9.17) is 10.6 Å². The zero-order chi connectivity index (χ0) is 14.6. The van der Waals surface area contributed by atoms with E-state index in [9.17, 15) is 4.79 Å². The minimum atomic E-state index is -0.322. The van der Waals surface area contributed by atoms with E-state index < -0.39 is 0 Å². The van der Waals surface area contributed by atoms with Crippen molar-refractivity contribution in [3.63, 3.8) is 0 Å². The summed E-state index contributed by atoms with van der Waals surface area (Å²) in [5.74, 6) is -0.0873. The molecule has 19 heavy (non-hydrogen) atoms. The molecule has 2 heterocycles. The third kappa shape index (κ3) is 2.85. The van der Waals surface area contributed by atoms with E-state index in [0.29, 0.717) is 15.7 Å². The number of halogens is 1. The van der Waals surface area contributed by atoms with Crippen molar-refractivity contribution in [1.82, 2.24) is 19.7 Å². The molecule has 0 aromatic carbocycles. The maximum Gasteiger partial charge on any atom is 0.279 e. The molecule has 0 unspecified atom stereocenters. The highest BCUT2D eigenvalue weighted by atomic mass is 79.9. The van der Waals surface area contributed by atoms with Gasteiger partial charge in [0.2, 0.25) is 0 Å². The van der Waals surface area contributed by atoms with Crippen LogP contribution in [0.2, 0.25) is 0 Å². The van der Waals surface area contributed by atoms with Gasteiger partial charge in [-0.25, -0.2) is 14.6 Å². The molecule has 2 aromatic heterocycles. The van der Waals surface area contributed by atoms with Gasteiger partial charge in [-0.3, -0.25) is 9.63 Å². The van der Waals surface area contributed by atoms with Gasteiger partial charge in [-0.05, 0) is 22.0 Å². The van der Waals surface area contributed by atoms with Crippen molar-refractivity contribution in [2.24, 2.45) is 0 Å². The number of rotatable bonds is 2. The van der Waals surface area contributed by atoms with Crippen molar-refractivity contribution in [3.05, 3.63) is 22.6 Å². The Morgan fingerprint density at radius 3 is 2.74 bits per heavy atom. The fraction of sp³-hybridized carbons (Fsp3) is 0.364. The van der Waals surface area contributed by atoms with Crippen LogP contribution in [0, 0.1) is 0 Å². The van der Waals surface area contributed by atoms with Crippen LogP contribution in [0.15, 0.2) is 17.0 Å². The van der Waals surface area contributed by atoms with Gasteiger partial charge in [0.05, 0.1) is 12.7 Å². The molecule has 8 heteroatoms. The van der Waals surface area contributed by atoms with Crippen molar-refractivity contribution < 1.29 is 9.63 Å². The van der Waals surface area contributed by atoms with Crippen LogP contribution in [-0.2, 0) is 4.84 Å². The van der Waals surface area contributed by atoms with Crippen molar-refractivity contribution in [2.45, 2.75) is 13.8 Å². The Morgan fingerprint density at radius 2 is 2.16 bits per heavy atom. The van der Waals surface area contributed by atoms with E-state index >= 15 is 0 Å². The summed E-state index contributed by atoms with van der Waals surface area (Å²) in [5.41, 5.74) is 6.57. The maximum atomic E-state index is 12.0. The number of anilines is 1. The molecule has 0 spiro atoms. The number of hydrogen-bond acceptors (Lipinski definition) is 5. The molecule has 2 rings (SSSR count). The van der Waals surface area contributed by atoms with Gasteiger partial charge in [-0.1, -0.05) is 13.8 Å². The second-order valence-electron chi connectivity index (χ2n) is 3.27. The van der Waals surface area contributed by atoms with Crippen LogP contribution in [-0.4, -0.2) is 39.7 Å². The third-order valence-electron chi connectivity index (χ3n) is 2.33. The quantitative estimate of drug-likeness (QED) is 0.848. The van der Waals surface area contributed by atoms with Gasteiger partial charge in [0, 0.05) is 7.05 Å². The first-order valence-electron chi connectivity index (χ1n) is 5.66.